The molecule has 1 aliphatic rings. The van der Waals surface area contributed by atoms with Crippen LogP contribution in [0.15, 0.2) is 47.5 Å². The van der Waals surface area contributed by atoms with Crippen LogP contribution in [0, 0.1) is 6.92 Å². The van der Waals surface area contributed by atoms with Crippen LogP contribution >= 0.6 is 0 Å². The first kappa shape index (κ1) is 18.5. The fourth-order valence-electron chi connectivity index (χ4n) is 4.59. The summed E-state index contributed by atoms with van der Waals surface area (Å²) in [5.74, 6) is -0.0195. The topological polar surface area (TPSA) is 47.2 Å². The van der Waals surface area contributed by atoms with E-state index in [-0.39, 0.29) is 17.5 Å². The van der Waals surface area contributed by atoms with Crippen molar-refractivity contribution in [2.45, 2.75) is 38.6 Å². The van der Waals surface area contributed by atoms with Gasteiger partial charge in [0.2, 0.25) is 0 Å². The molecule has 3 heterocycles. The van der Waals surface area contributed by atoms with Gasteiger partial charge in [0.25, 0.3) is 11.5 Å². The zero-order valence-electron chi connectivity index (χ0n) is 16.8. The number of hydrogen-bond acceptors (Lipinski definition) is 2. The number of fused-ring (bicyclic) bond motifs is 1. The van der Waals surface area contributed by atoms with E-state index in [1.165, 1.54) is 5.56 Å². The summed E-state index contributed by atoms with van der Waals surface area (Å²) in [7, 11) is 3.65. The second-order valence-electron chi connectivity index (χ2n) is 7.94. The monoisotopic (exact) mass is 377 g/mol. The van der Waals surface area contributed by atoms with Crippen LogP contribution in [0.25, 0.3) is 10.9 Å². The Labute approximate surface area is 165 Å². The Balaban J connectivity index is 1.74. The van der Waals surface area contributed by atoms with Crippen molar-refractivity contribution in [1.29, 1.82) is 0 Å². The number of hydrogen-bond donors (Lipinski definition) is 0. The first-order valence-corrected chi connectivity index (χ1v) is 9.97. The number of nitrogens with zero attached hydrogens (tertiary/aromatic N) is 3. The number of carbonyl (C=O) groups is 1. The molecule has 1 aliphatic heterocycles. The maximum absolute atomic E-state index is 13.6. The number of piperidine rings is 1. The lowest BCUT2D eigenvalue weighted by atomic mass is 9.95. The zero-order valence-corrected chi connectivity index (χ0v) is 16.8. The third kappa shape index (κ3) is 3.15. The molecular formula is C23H27N3O2. The summed E-state index contributed by atoms with van der Waals surface area (Å²) >= 11 is 0. The first-order valence-electron chi connectivity index (χ1n) is 9.97. The number of aryl methyl sites for hydroxylation is 3. The molecule has 4 rings (SSSR count). The third-order valence-corrected chi connectivity index (χ3v) is 5.91. The Hall–Kier alpha value is -2.82. The van der Waals surface area contributed by atoms with Crippen molar-refractivity contribution in [1.82, 2.24) is 14.0 Å². The number of aromatic nitrogens is 2. The van der Waals surface area contributed by atoms with Crippen LogP contribution in [0.3, 0.4) is 0 Å². The van der Waals surface area contributed by atoms with E-state index in [0.29, 0.717) is 10.9 Å². The normalized spacial score (nSPS) is 17.2. The number of carbonyl (C=O) groups excluding carboxylic acids is 1. The van der Waals surface area contributed by atoms with Gasteiger partial charge in [0.05, 0.1) is 16.5 Å². The van der Waals surface area contributed by atoms with Crippen LogP contribution in [0.1, 0.15) is 40.7 Å². The molecule has 1 amide bonds. The minimum Gasteiger partial charge on any atom is -0.349 e. The van der Waals surface area contributed by atoms with Gasteiger partial charge < -0.3 is 14.0 Å². The van der Waals surface area contributed by atoms with Crippen molar-refractivity contribution >= 4 is 16.8 Å². The third-order valence-electron chi connectivity index (χ3n) is 5.91. The highest BCUT2D eigenvalue weighted by Gasteiger charge is 2.30. The van der Waals surface area contributed by atoms with Crippen molar-refractivity contribution in [3.8, 4) is 0 Å². The largest absolute Gasteiger partial charge is 0.349 e. The van der Waals surface area contributed by atoms with Gasteiger partial charge in [-0.15, -0.1) is 0 Å². The van der Waals surface area contributed by atoms with E-state index in [0.717, 1.165) is 43.3 Å². The Kier molecular flexibility index (Phi) is 4.84. The van der Waals surface area contributed by atoms with Crippen molar-refractivity contribution < 1.29 is 4.79 Å². The Morgan fingerprint density at radius 3 is 2.57 bits per heavy atom. The minimum atomic E-state index is -0.110. The molecule has 0 N–H and O–H groups in total. The maximum atomic E-state index is 13.6. The molecule has 5 heteroatoms. The average Bonchev–Trinajstić information content (AvgIpc) is 3.05. The molecule has 146 valence electrons. The number of likely N-dealkylation sites (tertiary alicyclic amines) is 1. The number of pyridine rings is 1. The van der Waals surface area contributed by atoms with Crippen LogP contribution < -0.4 is 5.56 Å². The van der Waals surface area contributed by atoms with Crippen molar-refractivity contribution in [2.24, 2.45) is 14.1 Å². The summed E-state index contributed by atoms with van der Waals surface area (Å²) in [4.78, 5) is 28.4. The van der Waals surface area contributed by atoms with Gasteiger partial charge in [-0.05, 0) is 43.7 Å². The van der Waals surface area contributed by atoms with E-state index in [1.807, 2.05) is 54.0 Å². The molecule has 1 unspecified atom stereocenters. The van der Waals surface area contributed by atoms with Crippen molar-refractivity contribution in [2.75, 3.05) is 6.54 Å². The summed E-state index contributed by atoms with van der Waals surface area (Å²) < 4.78 is 3.49. The number of benzene rings is 1. The summed E-state index contributed by atoms with van der Waals surface area (Å²) in [5, 5.41) is 0.541. The predicted octanol–water partition coefficient (Wildman–Crippen LogP) is 3.42. The quantitative estimate of drug-likeness (QED) is 0.702. The van der Waals surface area contributed by atoms with Crippen LogP contribution in [0.5, 0.6) is 0 Å². The molecule has 1 aromatic carbocycles. The zero-order chi connectivity index (χ0) is 19.8. The second kappa shape index (κ2) is 7.30. The fourth-order valence-corrected chi connectivity index (χ4v) is 4.59. The SMILES string of the molecule is Cc1cn(C)c(=O)c2c(C(=O)N3CCCCC3Cc3ccccc3)cn(C)c12. The standard InChI is InChI=1S/C23H27N3O2/c1-16-14-25(3)23(28)20-19(15-24(2)21(16)20)22(27)26-12-8-7-11-18(26)13-17-9-5-4-6-10-17/h4-6,9-10,14-15,18H,7-8,11-13H2,1-3H3. The molecule has 0 saturated carbocycles. The highest BCUT2D eigenvalue weighted by atomic mass is 16.2. The summed E-state index contributed by atoms with van der Waals surface area (Å²) in [6, 6.07) is 10.5. The van der Waals surface area contributed by atoms with Gasteiger partial charge in [-0.1, -0.05) is 30.3 Å². The van der Waals surface area contributed by atoms with E-state index in [9.17, 15) is 9.59 Å². The Morgan fingerprint density at radius 2 is 1.82 bits per heavy atom. The van der Waals surface area contributed by atoms with Crippen LogP contribution in [0.4, 0.5) is 0 Å². The predicted molar refractivity (Wildman–Crippen MR) is 112 cm³/mol. The molecule has 1 atom stereocenters. The molecule has 3 aromatic rings. The molecule has 0 bridgehead atoms. The van der Waals surface area contributed by atoms with E-state index >= 15 is 0 Å². The molecule has 1 fully saturated rings. The van der Waals surface area contributed by atoms with Gasteiger partial charge in [0, 0.05) is 39.1 Å². The van der Waals surface area contributed by atoms with E-state index in [4.69, 9.17) is 0 Å². The van der Waals surface area contributed by atoms with Gasteiger partial charge in [-0.2, -0.15) is 0 Å². The molecule has 0 spiro atoms. The molecule has 0 aliphatic carbocycles. The van der Waals surface area contributed by atoms with Crippen molar-refractivity contribution in [3.05, 3.63) is 69.8 Å². The summed E-state index contributed by atoms with van der Waals surface area (Å²) in [6.07, 6.45) is 7.67. The van der Waals surface area contributed by atoms with E-state index in [2.05, 4.69) is 12.1 Å². The number of rotatable bonds is 3. The molecule has 28 heavy (non-hydrogen) atoms. The first-order chi connectivity index (χ1) is 13.5. The highest BCUT2D eigenvalue weighted by Crippen LogP contribution is 2.27. The lowest BCUT2D eigenvalue weighted by Crippen LogP contribution is -2.45. The highest BCUT2D eigenvalue weighted by molar-refractivity contribution is 6.07. The lowest BCUT2D eigenvalue weighted by Gasteiger charge is -2.36. The van der Waals surface area contributed by atoms with Gasteiger partial charge in [0.15, 0.2) is 0 Å². The molecular weight excluding hydrogens is 350 g/mol. The Morgan fingerprint density at radius 1 is 1.07 bits per heavy atom. The van der Waals surface area contributed by atoms with Crippen LogP contribution in [-0.2, 0) is 20.5 Å². The van der Waals surface area contributed by atoms with Crippen LogP contribution in [0.2, 0.25) is 0 Å². The number of amides is 1. The van der Waals surface area contributed by atoms with E-state index in [1.54, 1.807) is 11.6 Å². The Bertz CT molecular complexity index is 1080. The summed E-state index contributed by atoms with van der Waals surface area (Å²) in [5.41, 5.74) is 3.51. The van der Waals surface area contributed by atoms with E-state index < -0.39 is 0 Å². The second-order valence-corrected chi connectivity index (χ2v) is 7.94. The molecule has 1 saturated heterocycles. The van der Waals surface area contributed by atoms with Gasteiger partial charge in [-0.25, -0.2) is 0 Å². The van der Waals surface area contributed by atoms with Crippen molar-refractivity contribution in [3.63, 3.8) is 0 Å². The van der Waals surface area contributed by atoms with Gasteiger partial charge in [-0.3, -0.25) is 9.59 Å². The molecule has 0 radical (unpaired) electrons. The fraction of sp³-hybridized carbons (Fsp3) is 0.391. The molecule has 2 aromatic heterocycles. The van der Waals surface area contributed by atoms with Crippen LogP contribution in [-0.4, -0.2) is 32.5 Å². The maximum Gasteiger partial charge on any atom is 0.260 e. The lowest BCUT2D eigenvalue weighted by molar-refractivity contribution is 0.0615. The summed E-state index contributed by atoms with van der Waals surface area (Å²) in [6.45, 7) is 2.73. The average molecular weight is 377 g/mol. The van der Waals surface area contributed by atoms with Gasteiger partial charge >= 0.3 is 0 Å². The molecule has 5 nitrogen and oxygen atoms in total. The minimum absolute atomic E-state index is 0.0195. The van der Waals surface area contributed by atoms with Gasteiger partial charge in [0.1, 0.15) is 0 Å². The smallest absolute Gasteiger partial charge is 0.260 e.